The van der Waals surface area contributed by atoms with Gasteiger partial charge in [0.15, 0.2) is 5.17 Å². The van der Waals surface area contributed by atoms with Gasteiger partial charge >= 0.3 is 0 Å². The van der Waals surface area contributed by atoms with Crippen LogP contribution in [0.3, 0.4) is 0 Å². The predicted molar refractivity (Wildman–Crippen MR) is 150 cm³/mol. The first-order valence-corrected chi connectivity index (χ1v) is 13.0. The Balaban J connectivity index is 1.54. The molecule has 0 radical (unpaired) electrons. The van der Waals surface area contributed by atoms with E-state index in [1.807, 2.05) is 66.7 Å². The lowest BCUT2D eigenvalue weighted by molar-refractivity contribution is -0.122. The van der Waals surface area contributed by atoms with Crippen LogP contribution in [0.15, 0.2) is 95.0 Å². The number of amides is 1. The molecule has 0 spiro atoms. The molecule has 1 atom stereocenters. The molecule has 0 aliphatic carbocycles. The fourth-order valence-corrected chi connectivity index (χ4v) is 5.30. The van der Waals surface area contributed by atoms with Gasteiger partial charge in [-0.2, -0.15) is 0 Å². The number of carbonyl (C=O) groups excluding carboxylic acids is 1. The number of nitrogens with zero attached hydrogens (tertiary/aromatic N) is 3. The average molecular weight is 496 g/mol. The number of hydrogen-bond donors (Lipinski definition) is 0. The zero-order valence-corrected chi connectivity index (χ0v) is 21.5. The van der Waals surface area contributed by atoms with Crippen molar-refractivity contribution in [3.8, 4) is 5.75 Å². The highest BCUT2D eigenvalue weighted by Crippen LogP contribution is 2.37. The number of rotatable bonds is 7. The van der Waals surface area contributed by atoms with Gasteiger partial charge in [-0.25, -0.2) is 4.99 Å². The summed E-state index contributed by atoms with van der Waals surface area (Å²) in [6.07, 6.45) is 5.22. The van der Waals surface area contributed by atoms with E-state index in [0.717, 1.165) is 34.4 Å². The Kier molecular flexibility index (Phi) is 6.96. The van der Waals surface area contributed by atoms with Gasteiger partial charge in [0, 0.05) is 28.7 Å². The third-order valence-electron chi connectivity index (χ3n) is 6.49. The van der Waals surface area contributed by atoms with E-state index >= 15 is 0 Å². The molecule has 6 heteroatoms. The van der Waals surface area contributed by atoms with Crippen LogP contribution in [-0.4, -0.2) is 27.7 Å². The number of carbonyl (C=O) groups is 1. The largest absolute Gasteiger partial charge is 0.497 e. The van der Waals surface area contributed by atoms with Crippen LogP contribution in [0.5, 0.6) is 5.75 Å². The van der Waals surface area contributed by atoms with Crippen molar-refractivity contribution in [1.82, 2.24) is 9.47 Å². The molecule has 1 aliphatic heterocycles. The number of benzene rings is 3. The maximum Gasteiger partial charge on any atom is 0.267 e. The van der Waals surface area contributed by atoms with E-state index in [-0.39, 0.29) is 5.91 Å². The van der Waals surface area contributed by atoms with E-state index in [1.54, 1.807) is 12.0 Å². The maximum atomic E-state index is 13.7. The van der Waals surface area contributed by atoms with Gasteiger partial charge in [-0.1, -0.05) is 55.5 Å². The van der Waals surface area contributed by atoms with Gasteiger partial charge in [-0.3, -0.25) is 9.69 Å². The van der Waals surface area contributed by atoms with E-state index in [9.17, 15) is 4.79 Å². The van der Waals surface area contributed by atoms with Gasteiger partial charge in [-0.05, 0) is 67.1 Å². The molecule has 1 amide bonds. The Morgan fingerprint density at radius 1 is 1.00 bits per heavy atom. The Labute approximate surface area is 216 Å². The van der Waals surface area contributed by atoms with Crippen molar-refractivity contribution in [2.24, 2.45) is 4.99 Å². The Bertz CT molecular complexity index is 1440. The van der Waals surface area contributed by atoms with Crippen molar-refractivity contribution in [3.05, 3.63) is 101 Å². The highest BCUT2D eigenvalue weighted by Gasteiger charge is 2.34. The van der Waals surface area contributed by atoms with Crippen LogP contribution in [-0.2, 0) is 11.3 Å². The molecule has 1 aliphatic rings. The lowest BCUT2D eigenvalue weighted by Gasteiger charge is -2.16. The minimum Gasteiger partial charge on any atom is -0.497 e. The van der Waals surface area contributed by atoms with Crippen LogP contribution < -0.4 is 4.74 Å². The lowest BCUT2D eigenvalue weighted by atomic mass is 10.1. The summed E-state index contributed by atoms with van der Waals surface area (Å²) in [7, 11) is 1.65. The fourth-order valence-electron chi connectivity index (χ4n) is 4.31. The monoisotopic (exact) mass is 495 g/mol. The molecule has 2 heterocycles. The van der Waals surface area contributed by atoms with E-state index in [1.165, 1.54) is 17.3 Å². The van der Waals surface area contributed by atoms with Crippen molar-refractivity contribution in [2.45, 2.75) is 32.9 Å². The number of ether oxygens (including phenoxy) is 1. The smallest absolute Gasteiger partial charge is 0.267 e. The summed E-state index contributed by atoms with van der Waals surface area (Å²) in [6, 6.07) is 26.3. The van der Waals surface area contributed by atoms with E-state index in [4.69, 9.17) is 9.73 Å². The first-order chi connectivity index (χ1) is 17.6. The number of hydrogen-bond acceptors (Lipinski definition) is 4. The Morgan fingerprint density at radius 2 is 1.72 bits per heavy atom. The van der Waals surface area contributed by atoms with Crippen LogP contribution in [0.1, 0.15) is 37.4 Å². The van der Waals surface area contributed by atoms with Gasteiger partial charge in [0.2, 0.25) is 0 Å². The quantitative estimate of drug-likeness (QED) is 0.251. The van der Waals surface area contributed by atoms with Crippen LogP contribution in [0.4, 0.5) is 5.69 Å². The number of fused-ring (bicyclic) bond motifs is 1. The third kappa shape index (κ3) is 4.82. The zero-order chi connectivity index (χ0) is 25.1. The molecular formula is C30H29N3O2S. The minimum absolute atomic E-state index is 0.0362. The molecule has 0 bridgehead atoms. The first kappa shape index (κ1) is 23.9. The number of para-hydroxylation sites is 2. The second kappa shape index (κ2) is 10.5. The zero-order valence-electron chi connectivity index (χ0n) is 20.7. The summed E-state index contributed by atoms with van der Waals surface area (Å²) in [4.78, 5) is 21.0. The van der Waals surface area contributed by atoms with Gasteiger partial charge in [0.1, 0.15) is 5.75 Å². The topological polar surface area (TPSA) is 46.8 Å². The lowest BCUT2D eigenvalue weighted by Crippen LogP contribution is -2.28. The molecule has 1 saturated heterocycles. The summed E-state index contributed by atoms with van der Waals surface area (Å²) in [6.45, 7) is 4.85. The molecule has 1 aromatic heterocycles. The summed E-state index contributed by atoms with van der Waals surface area (Å²) < 4.78 is 7.59. The number of methoxy groups -OCH3 is 1. The average Bonchev–Trinajstić information content (AvgIpc) is 3.42. The molecule has 5 rings (SSSR count). The van der Waals surface area contributed by atoms with E-state index in [2.05, 4.69) is 42.8 Å². The number of amidine groups is 1. The van der Waals surface area contributed by atoms with Crippen molar-refractivity contribution in [2.75, 3.05) is 7.11 Å². The standard InChI is InChI=1S/C30H29N3O2S/c1-4-21(2)32-20-23(26-12-8-9-13-27(26)32)18-28-29(34)33(19-22-14-16-25(35-3)17-15-22)30(36-28)31-24-10-6-5-7-11-24/h5-18,20-21H,4,19H2,1-3H3/b28-18-,31-30?/t21-/m1/s1. The molecule has 36 heavy (non-hydrogen) atoms. The predicted octanol–water partition coefficient (Wildman–Crippen LogP) is 7.43. The number of aliphatic imine (C=N–C) groups is 1. The third-order valence-corrected chi connectivity index (χ3v) is 7.50. The van der Waals surface area contributed by atoms with Gasteiger partial charge < -0.3 is 9.30 Å². The molecule has 1 fully saturated rings. The Hall–Kier alpha value is -3.77. The minimum atomic E-state index is -0.0362. The molecule has 182 valence electrons. The number of thioether (sulfide) groups is 1. The maximum absolute atomic E-state index is 13.7. The SMILES string of the molecule is CC[C@@H](C)n1cc(/C=C2\SC(=Nc3ccccc3)N(Cc3ccc(OC)cc3)C2=O)c2ccccc21. The van der Waals surface area contributed by atoms with Crippen LogP contribution in [0.2, 0.25) is 0 Å². The van der Waals surface area contributed by atoms with Crippen LogP contribution in [0.25, 0.3) is 17.0 Å². The molecule has 4 aromatic rings. The highest BCUT2D eigenvalue weighted by molar-refractivity contribution is 8.18. The molecule has 0 unspecified atom stereocenters. The van der Waals surface area contributed by atoms with Gasteiger partial charge in [-0.15, -0.1) is 0 Å². The van der Waals surface area contributed by atoms with Crippen LogP contribution >= 0.6 is 11.8 Å². The Morgan fingerprint density at radius 3 is 2.44 bits per heavy atom. The van der Waals surface area contributed by atoms with Crippen molar-refractivity contribution < 1.29 is 9.53 Å². The molecule has 3 aromatic carbocycles. The van der Waals surface area contributed by atoms with E-state index < -0.39 is 0 Å². The van der Waals surface area contributed by atoms with Gasteiger partial charge in [0.25, 0.3) is 5.91 Å². The normalized spacial score (nSPS) is 16.9. The summed E-state index contributed by atoms with van der Waals surface area (Å²) in [5, 5.41) is 1.83. The second-order valence-electron chi connectivity index (χ2n) is 8.85. The summed E-state index contributed by atoms with van der Waals surface area (Å²) in [5.74, 6) is 0.753. The number of aromatic nitrogens is 1. The molecule has 0 saturated carbocycles. The van der Waals surface area contributed by atoms with Crippen molar-refractivity contribution >= 4 is 45.5 Å². The fraction of sp³-hybridized carbons (Fsp3) is 0.200. The summed E-state index contributed by atoms with van der Waals surface area (Å²) in [5.41, 5.74) is 4.07. The molecule has 5 nitrogen and oxygen atoms in total. The highest BCUT2D eigenvalue weighted by atomic mass is 32.2. The molecular weight excluding hydrogens is 466 g/mol. The van der Waals surface area contributed by atoms with Gasteiger partial charge in [0.05, 0.1) is 24.2 Å². The molecule has 0 N–H and O–H groups in total. The van der Waals surface area contributed by atoms with Crippen LogP contribution in [0, 0.1) is 0 Å². The van der Waals surface area contributed by atoms with E-state index in [0.29, 0.717) is 22.7 Å². The second-order valence-corrected chi connectivity index (χ2v) is 9.86. The first-order valence-electron chi connectivity index (χ1n) is 12.1. The summed E-state index contributed by atoms with van der Waals surface area (Å²) >= 11 is 1.43. The van der Waals surface area contributed by atoms with Crippen molar-refractivity contribution in [3.63, 3.8) is 0 Å². The van der Waals surface area contributed by atoms with Crippen molar-refractivity contribution in [1.29, 1.82) is 0 Å².